The molecule has 0 aliphatic heterocycles. The molecule has 1 aromatic rings. The predicted octanol–water partition coefficient (Wildman–Crippen LogP) is 3.04. The van der Waals surface area contributed by atoms with Gasteiger partial charge in [-0.05, 0) is 25.3 Å². The van der Waals surface area contributed by atoms with Gasteiger partial charge in [0.25, 0.3) is 0 Å². The average molecular weight is 281 g/mol. The van der Waals surface area contributed by atoms with E-state index in [9.17, 15) is 0 Å². The Balaban J connectivity index is 1.97. The van der Waals surface area contributed by atoms with Crippen LogP contribution in [0, 0.1) is 5.92 Å². The molecule has 1 saturated carbocycles. The summed E-state index contributed by atoms with van der Waals surface area (Å²) in [5.74, 6) is 0.725. The van der Waals surface area contributed by atoms with Crippen LogP contribution in [0.4, 0.5) is 0 Å². The second-order valence-corrected chi connectivity index (χ2v) is 6.98. The van der Waals surface area contributed by atoms with E-state index in [2.05, 4.69) is 24.1 Å². The molecule has 0 atom stereocenters. The van der Waals surface area contributed by atoms with Crippen LogP contribution in [0.2, 0.25) is 0 Å². The van der Waals surface area contributed by atoms with Crippen molar-refractivity contribution in [2.45, 2.75) is 58.5 Å². The summed E-state index contributed by atoms with van der Waals surface area (Å²) >= 11 is 1.76. The Labute approximate surface area is 121 Å². The van der Waals surface area contributed by atoms with Crippen LogP contribution in [0.15, 0.2) is 5.38 Å². The molecule has 2 N–H and O–H groups in total. The lowest BCUT2D eigenvalue weighted by atomic mass is 10.1. The molecule has 108 valence electrons. The Morgan fingerprint density at radius 1 is 1.42 bits per heavy atom. The molecule has 0 radical (unpaired) electrons. The number of aromatic nitrogens is 1. The second-order valence-electron chi connectivity index (χ2n) is 6.03. The summed E-state index contributed by atoms with van der Waals surface area (Å²) in [5.41, 5.74) is 6.83. The van der Waals surface area contributed by atoms with Gasteiger partial charge in [0.05, 0.1) is 10.7 Å². The summed E-state index contributed by atoms with van der Waals surface area (Å²) in [6.45, 7) is 7.52. The summed E-state index contributed by atoms with van der Waals surface area (Å²) in [6, 6.07) is 0.780. The highest BCUT2D eigenvalue weighted by Crippen LogP contribution is 2.26. The van der Waals surface area contributed by atoms with E-state index in [0.29, 0.717) is 6.54 Å². The maximum Gasteiger partial charge on any atom is 0.0941 e. The van der Waals surface area contributed by atoms with E-state index in [1.165, 1.54) is 42.9 Å². The first-order valence-corrected chi connectivity index (χ1v) is 8.44. The van der Waals surface area contributed by atoms with Crippen molar-refractivity contribution < 1.29 is 0 Å². The molecule has 0 unspecified atom stereocenters. The van der Waals surface area contributed by atoms with Crippen LogP contribution < -0.4 is 5.73 Å². The third-order valence-electron chi connectivity index (χ3n) is 3.76. The summed E-state index contributed by atoms with van der Waals surface area (Å²) in [5, 5.41) is 3.40. The first-order valence-electron chi connectivity index (χ1n) is 7.56. The molecule has 1 aliphatic carbocycles. The fraction of sp³-hybridized carbons (Fsp3) is 0.800. The Morgan fingerprint density at radius 3 is 2.79 bits per heavy atom. The molecule has 4 heteroatoms. The fourth-order valence-corrected chi connectivity index (χ4v) is 3.75. The molecule has 19 heavy (non-hydrogen) atoms. The fourth-order valence-electron chi connectivity index (χ4n) is 2.95. The first kappa shape index (κ1) is 14.9. The van der Waals surface area contributed by atoms with Gasteiger partial charge in [-0.1, -0.05) is 26.7 Å². The van der Waals surface area contributed by atoms with E-state index in [-0.39, 0.29) is 0 Å². The summed E-state index contributed by atoms with van der Waals surface area (Å²) in [6.07, 6.45) is 6.45. The van der Waals surface area contributed by atoms with Crippen LogP contribution in [-0.4, -0.2) is 29.0 Å². The van der Waals surface area contributed by atoms with Gasteiger partial charge in [0, 0.05) is 30.9 Å². The molecule has 0 aromatic carbocycles. The maximum atomic E-state index is 5.59. The summed E-state index contributed by atoms with van der Waals surface area (Å²) in [4.78, 5) is 7.37. The van der Waals surface area contributed by atoms with Gasteiger partial charge in [0.2, 0.25) is 0 Å². The molecule has 2 rings (SSSR count). The second kappa shape index (κ2) is 7.36. The highest BCUT2D eigenvalue weighted by Gasteiger charge is 2.23. The quantitative estimate of drug-likeness (QED) is 0.835. The molecule has 1 fully saturated rings. The molecule has 0 bridgehead atoms. The molecular formula is C15H27N3S. The molecule has 0 amide bonds. The number of nitrogens with two attached hydrogens (primary N) is 1. The van der Waals surface area contributed by atoms with Crippen molar-refractivity contribution in [3.8, 4) is 0 Å². The Kier molecular flexibility index (Phi) is 5.79. The van der Waals surface area contributed by atoms with Crippen LogP contribution >= 0.6 is 11.3 Å². The average Bonchev–Trinajstić information content (AvgIpc) is 2.99. The van der Waals surface area contributed by atoms with Crippen molar-refractivity contribution in [1.29, 1.82) is 0 Å². The van der Waals surface area contributed by atoms with Gasteiger partial charge in [-0.15, -0.1) is 11.3 Å². The summed E-state index contributed by atoms with van der Waals surface area (Å²) < 4.78 is 0. The van der Waals surface area contributed by atoms with Crippen molar-refractivity contribution in [3.05, 3.63) is 16.1 Å². The molecule has 0 saturated heterocycles. The highest BCUT2D eigenvalue weighted by atomic mass is 32.1. The monoisotopic (exact) mass is 281 g/mol. The van der Waals surface area contributed by atoms with Crippen LogP contribution in [0.3, 0.4) is 0 Å². The topological polar surface area (TPSA) is 42.1 Å². The number of rotatable bonds is 7. The zero-order valence-electron chi connectivity index (χ0n) is 12.3. The van der Waals surface area contributed by atoms with Crippen LogP contribution in [0.25, 0.3) is 0 Å². The standard InChI is InChI=1S/C15H27N3S/c1-12(2)9-18(14-5-3-4-6-14)10-13-11-19-15(17-13)7-8-16/h11-12,14H,3-10,16H2,1-2H3. The number of hydrogen-bond donors (Lipinski definition) is 1. The van der Waals surface area contributed by atoms with E-state index >= 15 is 0 Å². The lowest BCUT2D eigenvalue weighted by molar-refractivity contribution is 0.167. The van der Waals surface area contributed by atoms with Crippen molar-refractivity contribution >= 4 is 11.3 Å². The number of thiazole rings is 1. The smallest absolute Gasteiger partial charge is 0.0941 e. The molecule has 1 aliphatic rings. The van der Waals surface area contributed by atoms with Crippen molar-refractivity contribution in [2.24, 2.45) is 11.7 Å². The predicted molar refractivity (Wildman–Crippen MR) is 82.4 cm³/mol. The zero-order chi connectivity index (χ0) is 13.7. The normalized spacial score (nSPS) is 16.9. The molecule has 3 nitrogen and oxygen atoms in total. The minimum absolute atomic E-state index is 0.700. The van der Waals surface area contributed by atoms with Crippen molar-refractivity contribution in [2.75, 3.05) is 13.1 Å². The summed E-state index contributed by atoms with van der Waals surface area (Å²) in [7, 11) is 0. The molecule has 0 spiro atoms. The van der Waals surface area contributed by atoms with Gasteiger partial charge in [-0.3, -0.25) is 4.90 Å². The van der Waals surface area contributed by atoms with Gasteiger partial charge < -0.3 is 5.73 Å². The Morgan fingerprint density at radius 2 is 2.16 bits per heavy atom. The SMILES string of the molecule is CC(C)CN(Cc1csc(CCN)n1)C1CCCC1. The third kappa shape index (κ3) is 4.55. The minimum Gasteiger partial charge on any atom is -0.330 e. The van der Waals surface area contributed by atoms with E-state index in [4.69, 9.17) is 10.7 Å². The largest absolute Gasteiger partial charge is 0.330 e. The van der Waals surface area contributed by atoms with Crippen molar-refractivity contribution in [1.82, 2.24) is 9.88 Å². The van der Waals surface area contributed by atoms with Gasteiger partial charge in [0.15, 0.2) is 0 Å². The minimum atomic E-state index is 0.700. The van der Waals surface area contributed by atoms with Crippen LogP contribution in [0.5, 0.6) is 0 Å². The van der Waals surface area contributed by atoms with Crippen LogP contribution in [0.1, 0.15) is 50.2 Å². The van der Waals surface area contributed by atoms with Gasteiger partial charge in [-0.25, -0.2) is 4.98 Å². The maximum absolute atomic E-state index is 5.59. The third-order valence-corrected chi connectivity index (χ3v) is 4.72. The zero-order valence-corrected chi connectivity index (χ0v) is 13.1. The van der Waals surface area contributed by atoms with Gasteiger partial charge in [0.1, 0.15) is 0 Å². The van der Waals surface area contributed by atoms with Gasteiger partial charge in [-0.2, -0.15) is 0 Å². The van der Waals surface area contributed by atoms with Crippen LogP contribution in [-0.2, 0) is 13.0 Å². The first-order chi connectivity index (χ1) is 9.19. The molecule has 1 heterocycles. The highest BCUT2D eigenvalue weighted by molar-refractivity contribution is 7.09. The lowest BCUT2D eigenvalue weighted by Crippen LogP contribution is -2.35. The lowest BCUT2D eigenvalue weighted by Gasteiger charge is -2.29. The van der Waals surface area contributed by atoms with E-state index < -0.39 is 0 Å². The number of hydrogen-bond acceptors (Lipinski definition) is 4. The molecule has 1 aromatic heterocycles. The Bertz CT molecular complexity index is 369. The Hall–Kier alpha value is -0.450. The van der Waals surface area contributed by atoms with Crippen molar-refractivity contribution in [3.63, 3.8) is 0 Å². The number of nitrogens with zero attached hydrogens (tertiary/aromatic N) is 2. The molecular weight excluding hydrogens is 254 g/mol. The van der Waals surface area contributed by atoms with E-state index in [1.807, 2.05) is 0 Å². The van der Waals surface area contributed by atoms with Gasteiger partial charge >= 0.3 is 0 Å². The van der Waals surface area contributed by atoms with E-state index in [1.54, 1.807) is 11.3 Å². The van der Waals surface area contributed by atoms with E-state index in [0.717, 1.165) is 24.9 Å².